The number of hydrogen-bond acceptors (Lipinski definition) is 4. The standard InChI is InChI=1S/C14H20N2O4S/c1-20-10-2-9-15-21(18,19)13-7-3-11(4-8-13)14(17)16-12-5-6-12/h3-4,7-8,12,15H,2,5-6,9-10H2,1H3,(H,16,17). The van der Waals surface area contributed by atoms with E-state index in [2.05, 4.69) is 10.0 Å². The summed E-state index contributed by atoms with van der Waals surface area (Å²) in [4.78, 5) is 12.0. The van der Waals surface area contributed by atoms with E-state index in [4.69, 9.17) is 4.74 Å². The quantitative estimate of drug-likeness (QED) is 0.698. The Morgan fingerprint density at radius 1 is 1.29 bits per heavy atom. The van der Waals surface area contributed by atoms with Crippen molar-refractivity contribution < 1.29 is 17.9 Å². The van der Waals surface area contributed by atoms with Gasteiger partial charge in [0.05, 0.1) is 4.90 Å². The van der Waals surface area contributed by atoms with Crippen molar-refractivity contribution in [3.05, 3.63) is 29.8 Å². The maximum absolute atomic E-state index is 12.0. The molecule has 7 heteroatoms. The monoisotopic (exact) mass is 312 g/mol. The van der Waals surface area contributed by atoms with Crippen LogP contribution < -0.4 is 10.0 Å². The van der Waals surface area contributed by atoms with Crippen LogP contribution in [0.25, 0.3) is 0 Å². The van der Waals surface area contributed by atoms with E-state index < -0.39 is 10.0 Å². The topological polar surface area (TPSA) is 84.5 Å². The molecule has 1 fully saturated rings. The fourth-order valence-electron chi connectivity index (χ4n) is 1.79. The van der Waals surface area contributed by atoms with Crippen molar-refractivity contribution in [3.8, 4) is 0 Å². The van der Waals surface area contributed by atoms with Crippen LogP contribution in [0.4, 0.5) is 0 Å². The molecule has 1 aromatic rings. The zero-order valence-corrected chi connectivity index (χ0v) is 12.8. The van der Waals surface area contributed by atoms with Crippen LogP contribution in [0, 0.1) is 0 Å². The average Bonchev–Trinajstić information content (AvgIpc) is 3.28. The summed E-state index contributed by atoms with van der Waals surface area (Å²) < 4.78 is 31.4. The van der Waals surface area contributed by atoms with Crippen molar-refractivity contribution in [2.45, 2.75) is 30.2 Å². The molecule has 2 N–H and O–H groups in total. The molecule has 0 bridgehead atoms. The van der Waals surface area contributed by atoms with Crippen LogP contribution in [0.1, 0.15) is 29.6 Å². The largest absolute Gasteiger partial charge is 0.385 e. The Kier molecular flexibility index (Phi) is 5.33. The maximum Gasteiger partial charge on any atom is 0.251 e. The van der Waals surface area contributed by atoms with Gasteiger partial charge in [0.1, 0.15) is 0 Å². The highest BCUT2D eigenvalue weighted by Gasteiger charge is 2.24. The number of methoxy groups -OCH3 is 1. The van der Waals surface area contributed by atoms with E-state index in [-0.39, 0.29) is 16.8 Å². The number of carbonyl (C=O) groups is 1. The van der Waals surface area contributed by atoms with Crippen molar-refractivity contribution >= 4 is 15.9 Å². The van der Waals surface area contributed by atoms with E-state index in [1.807, 2.05) is 0 Å². The van der Waals surface area contributed by atoms with Gasteiger partial charge in [0.15, 0.2) is 0 Å². The molecule has 0 aromatic heterocycles. The molecule has 0 spiro atoms. The van der Waals surface area contributed by atoms with Crippen LogP contribution in [-0.2, 0) is 14.8 Å². The van der Waals surface area contributed by atoms with E-state index in [0.717, 1.165) is 12.8 Å². The normalized spacial score (nSPS) is 14.9. The van der Waals surface area contributed by atoms with E-state index in [0.29, 0.717) is 25.1 Å². The van der Waals surface area contributed by atoms with Crippen LogP contribution >= 0.6 is 0 Å². The number of hydrogen-bond donors (Lipinski definition) is 2. The van der Waals surface area contributed by atoms with E-state index in [1.165, 1.54) is 24.3 Å². The van der Waals surface area contributed by atoms with Crippen molar-refractivity contribution in [3.63, 3.8) is 0 Å². The molecule has 0 atom stereocenters. The highest BCUT2D eigenvalue weighted by atomic mass is 32.2. The predicted octanol–water partition coefficient (Wildman–Crippen LogP) is 0.894. The number of nitrogens with one attached hydrogen (secondary N) is 2. The van der Waals surface area contributed by atoms with E-state index >= 15 is 0 Å². The first-order valence-electron chi connectivity index (χ1n) is 6.92. The van der Waals surface area contributed by atoms with Crippen LogP contribution in [0.2, 0.25) is 0 Å². The Morgan fingerprint density at radius 2 is 1.95 bits per heavy atom. The van der Waals surface area contributed by atoms with Gasteiger partial charge in [0.2, 0.25) is 10.0 Å². The third-order valence-electron chi connectivity index (χ3n) is 3.16. The van der Waals surface area contributed by atoms with E-state index in [1.54, 1.807) is 7.11 Å². The number of benzene rings is 1. The minimum Gasteiger partial charge on any atom is -0.385 e. The van der Waals surface area contributed by atoms with Crippen molar-refractivity contribution in [1.82, 2.24) is 10.0 Å². The maximum atomic E-state index is 12.0. The molecule has 0 radical (unpaired) electrons. The highest BCUT2D eigenvalue weighted by molar-refractivity contribution is 7.89. The molecule has 6 nitrogen and oxygen atoms in total. The third kappa shape index (κ3) is 4.80. The Balaban J connectivity index is 1.94. The Bertz CT molecular complexity index is 579. The van der Waals surface area contributed by atoms with Gasteiger partial charge in [-0.1, -0.05) is 0 Å². The molecule has 0 unspecified atom stereocenters. The minimum atomic E-state index is -3.53. The first-order valence-corrected chi connectivity index (χ1v) is 8.41. The summed E-state index contributed by atoms with van der Waals surface area (Å²) in [6.45, 7) is 0.822. The van der Waals surface area contributed by atoms with Gasteiger partial charge in [-0.15, -0.1) is 0 Å². The van der Waals surface area contributed by atoms with Crippen LogP contribution in [0.3, 0.4) is 0 Å². The molecule has 2 rings (SSSR count). The van der Waals surface area contributed by atoms with Crippen molar-refractivity contribution in [2.24, 2.45) is 0 Å². The second-order valence-electron chi connectivity index (χ2n) is 5.02. The molecule has 1 saturated carbocycles. The van der Waals surface area contributed by atoms with Gasteiger partial charge in [-0.25, -0.2) is 13.1 Å². The second kappa shape index (κ2) is 7.02. The third-order valence-corrected chi connectivity index (χ3v) is 4.63. The SMILES string of the molecule is COCCCNS(=O)(=O)c1ccc(C(=O)NC2CC2)cc1. The van der Waals surface area contributed by atoms with Crippen LogP contribution in [-0.4, -0.2) is 40.6 Å². The highest BCUT2D eigenvalue weighted by Crippen LogP contribution is 2.19. The number of ether oxygens (including phenoxy) is 1. The van der Waals surface area contributed by atoms with Gasteiger partial charge in [0.25, 0.3) is 5.91 Å². The zero-order valence-electron chi connectivity index (χ0n) is 12.0. The number of amides is 1. The Hall–Kier alpha value is -1.44. The van der Waals surface area contributed by atoms with Gasteiger partial charge in [-0.2, -0.15) is 0 Å². The number of rotatable bonds is 8. The molecule has 1 aromatic carbocycles. The summed E-state index contributed by atoms with van der Waals surface area (Å²) >= 11 is 0. The lowest BCUT2D eigenvalue weighted by Crippen LogP contribution is -2.26. The second-order valence-corrected chi connectivity index (χ2v) is 6.78. The fraction of sp³-hybridized carbons (Fsp3) is 0.500. The molecule has 21 heavy (non-hydrogen) atoms. The van der Waals surface area contributed by atoms with E-state index in [9.17, 15) is 13.2 Å². The predicted molar refractivity (Wildman–Crippen MR) is 78.6 cm³/mol. The summed E-state index contributed by atoms with van der Waals surface area (Å²) in [5.41, 5.74) is 0.472. The van der Waals surface area contributed by atoms with Gasteiger partial charge in [-0.3, -0.25) is 4.79 Å². The van der Waals surface area contributed by atoms with Gasteiger partial charge in [-0.05, 0) is 43.5 Å². The lowest BCUT2D eigenvalue weighted by Gasteiger charge is -2.08. The van der Waals surface area contributed by atoms with Crippen molar-refractivity contribution in [2.75, 3.05) is 20.3 Å². The van der Waals surface area contributed by atoms with Gasteiger partial charge in [0, 0.05) is 31.9 Å². The minimum absolute atomic E-state index is 0.155. The first-order chi connectivity index (χ1) is 10.0. The fourth-order valence-corrected chi connectivity index (χ4v) is 2.86. The molecule has 1 amide bonds. The molecule has 1 aliphatic rings. The molecule has 0 saturated heterocycles. The number of carbonyl (C=O) groups excluding carboxylic acids is 1. The van der Waals surface area contributed by atoms with Gasteiger partial charge < -0.3 is 10.1 Å². The summed E-state index contributed by atoms with van der Waals surface area (Å²) in [6.07, 6.45) is 2.64. The molecule has 1 aliphatic carbocycles. The Morgan fingerprint density at radius 3 is 2.52 bits per heavy atom. The molecule has 0 aliphatic heterocycles. The lowest BCUT2D eigenvalue weighted by molar-refractivity contribution is 0.0951. The molecular weight excluding hydrogens is 292 g/mol. The molecular formula is C14H20N2O4S. The smallest absolute Gasteiger partial charge is 0.251 e. The summed E-state index contributed by atoms with van der Waals surface area (Å²) in [5.74, 6) is -0.158. The molecule has 0 heterocycles. The van der Waals surface area contributed by atoms with Crippen LogP contribution in [0.5, 0.6) is 0 Å². The summed E-state index contributed by atoms with van der Waals surface area (Å²) in [5, 5.41) is 2.86. The summed E-state index contributed by atoms with van der Waals surface area (Å²) in [7, 11) is -1.96. The first kappa shape index (κ1) is 15.9. The lowest BCUT2D eigenvalue weighted by atomic mass is 10.2. The summed E-state index contributed by atoms with van der Waals surface area (Å²) in [6, 6.07) is 6.23. The van der Waals surface area contributed by atoms with Crippen LogP contribution in [0.15, 0.2) is 29.2 Å². The van der Waals surface area contributed by atoms with Crippen molar-refractivity contribution in [1.29, 1.82) is 0 Å². The Labute approximate surface area is 124 Å². The zero-order chi connectivity index (χ0) is 15.3. The molecule has 116 valence electrons. The van der Waals surface area contributed by atoms with Gasteiger partial charge >= 0.3 is 0 Å². The number of sulfonamides is 1. The average molecular weight is 312 g/mol.